The Labute approximate surface area is 165 Å². The molecule has 0 radical (unpaired) electrons. The van der Waals surface area contributed by atoms with Crippen molar-refractivity contribution in [2.75, 3.05) is 0 Å². The van der Waals surface area contributed by atoms with Crippen LogP contribution in [0, 0.1) is 12.3 Å². The third-order valence-electron chi connectivity index (χ3n) is 6.09. The molecule has 0 aliphatic rings. The lowest BCUT2D eigenvalue weighted by Gasteiger charge is -2.50. The van der Waals surface area contributed by atoms with Crippen LogP contribution in [0.5, 0.6) is 0 Å². The summed E-state index contributed by atoms with van der Waals surface area (Å²) in [6, 6.07) is 0. The molecule has 0 saturated heterocycles. The number of hydrogen-bond donors (Lipinski definition) is 0. The molecule has 0 rings (SSSR count). The first-order valence-corrected chi connectivity index (χ1v) is 15.4. The summed E-state index contributed by atoms with van der Waals surface area (Å²) < 4.78 is 13.6. The zero-order chi connectivity index (χ0) is 21.0. The van der Waals surface area contributed by atoms with Gasteiger partial charge in [-0.05, 0) is 49.1 Å². The Bertz CT molecular complexity index is 518. The molecule has 150 valence electrons. The molecular formula is C22H42O2Si2. The average Bonchev–Trinajstić information content (AvgIpc) is 2.42. The Morgan fingerprint density at radius 1 is 0.885 bits per heavy atom. The van der Waals surface area contributed by atoms with Gasteiger partial charge in [0, 0.05) is 0 Å². The zero-order valence-electron chi connectivity index (χ0n) is 19.0. The lowest BCUT2D eigenvalue weighted by Crippen LogP contribution is -2.58. The van der Waals surface area contributed by atoms with Gasteiger partial charge in [-0.1, -0.05) is 59.6 Å². The lowest BCUT2D eigenvalue weighted by molar-refractivity contribution is -0.0257. The molecule has 0 unspecified atom stereocenters. The summed E-state index contributed by atoms with van der Waals surface area (Å²) in [5, 5.41) is 0.157. The lowest BCUT2D eigenvalue weighted by atomic mass is 9.89. The first-order valence-electron chi connectivity index (χ1n) is 9.55. The van der Waals surface area contributed by atoms with Gasteiger partial charge in [-0.2, -0.15) is 0 Å². The molecule has 26 heavy (non-hydrogen) atoms. The van der Waals surface area contributed by atoms with Gasteiger partial charge in [0.15, 0.2) is 16.6 Å². The van der Waals surface area contributed by atoms with E-state index in [0.717, 1.165) is 0 Å². The van der Waals surface area contributed by atoms with Crippen LogP contribution in [0.1, 0.15) is 54.4 Å². The third-order valence-corrected chi connectivity index (χ3v) is 15.1. The van der Waals surface area contributed by atoms with Crippen molar-refractivity contribution in [1.29, 1.82) is 0 Å². The maximum absolute atomic E-state index is 6.93. The first kappa shape index (κ1) is 25.4. The second kappa shape index (κ2) is 8.60. The molecule has 0 N–H and O–H groups in total. The molecule has 0 aliphatic carbocycles. The second-order valence-electron chi connectivity index (χ2n) is 10.3. The summed E-state index contributed by atoms with van der Waals surface area (Å²) >= 11 is 0. The molecule has 4 heteroatoms. The third kappa shape index (κ3) is 5.95. The standard InChI is InChI=1S/C22H42O2Si2/c1-14-17-22(18-15-2,24-26(12,13)21(7,8)9)19(16-3)23-25(10,11)20(4,5)6/h3,14-15,19H,1-2,17-18H2,4-13H3/t19-/m1/s1. The quantitative estimate of drug-likeness (QED) is 0.240. The van der Waals surface area contributed by atoms with Crippen LogP contribution in [-0.2, 0) is 8.85 Å². The smallest absolute Gasteiger partial charge is 0.193 e. The first-order chi connectivity index (χ1) is 11.5. The van der Waals surface area contributed by atoms with Crippen LogP contribution in [0.2, 0.25) is 36.3 Å². The van der Waals surface area contributed by atoms with Gasteiger partial charge in [-0.15, -0.1) is 19.6 Å². The maximum Gasteiger partial charge on any atom is 0.193 e. The zero-order valence-corrected chi connectivity index (χ0v) is 21.0. The highest BCUT2D eigenvalue weighted by molar-refractivity contribution is 6.74. The van der Waals surface area contributed by atoms with Crippen LogP contribution in [0.3, 0.4) is 0 Å². The topological polar surface area (TPSA) is 18.5 Å². The Hall–Kier alpha value is -0.606. The largest absolute Gasteiger partial charge is 0.407 e. The molecule has 0 heterocycles. The summed E-state index contributed by atoms with van der Waals surface area (Å²) in [7, 11) is -4.12. The van der Waals surface area contributed by atoms with Crippen LogP contribution < -0.4 is 0 Å². The fourth-order valence-corrected chi connectivity index (χ4v) is 5.17. The number of terminal acetylenes is 1. The van der Waals surface area contributed by atoms with Gasteiger partial charge in [-0.3, -0.25) is 0 Å². The van der Waals surface area contributed by atoms with E-state index in [0.29, 0.717) is 12.8 Å². The normalized spacial score (nSPS) is 15.3. The van der Waals surface area contributed by atoms with E-state index < -0.39 is 28.3 Å². The van der Waals surface area contributed by atoms with Crippen molar-refractivity contribution in [2.24, 2.45) is 0 Å². The summed E-state index contributed by atoms with van der Waals surface area (Å²) in [5.74, 6) is 2.93. The van der Waals surface area contributed by atoms with Gasteiger partial charge in [0.1, 0.15) is 6.10 Å². The van der Waals surface area contributed by atoms with Crippen molar-refractivity contribution in [3.8, 4) is 12.3 Å². The predicted molar refractivity (Wildman–Crippen MR) is 122 cm³/mol. The van der Waals surface area contributed by atoms with Gasteiger partial charge in [-0.25, -0.2) is 0 Å². The van der Waals surface area contributed by atoms with Gasteiger partial charge in [0.05, 0.1) is 5.60 Å². The van der Waals surface area contributed by atoms with Crippen LogP contribution in [0.15, 0.2) is 25.3 Å². The van der Waals surface area contributed by atoms with Crippen LogP contribution in [0.25, 0.3) is 0 Å². The molecule has 0 aromatic carbocycles. The minimum atomic E-state index is -2.07. The monoisotopic (exact) mass is 394 g/mol. The average molecular weight is 395 g/mol. The van der Waals surface area contributed by atoms with Crippen molar-refractivity contribution in [2.45, 2.75) is 102 Å². The Morgan fingerprint density at radius 2 is 1.27 bits per heavy atom. The van der Waals surface area contributed by atoms with E-state index in [1.54, 1.807) is 0 Å². The van der Waals surface area contributed by atoms with E-state index in [-0.39, 0.29) is 10.1 Å². The van der Waals surface area contributed by atoms with Gasteiger partial charge in [0.2, 0.25) is 0 Å². The van der Waals surface area contributed by atoms with Crippen LogP contribution in [0.4, 0.5) is 0 Å². The van der Waals surface area contributed by atoms with E-state index >= 15 is 0 Å². The maximum atomic E-state index is 6.93. The molecule has 0 aliphatic heterocycles. The molecule has 0 saturated carbocycles. The van der Waals surface area contributed by atoms with Gasteiger partial charge >= 0.3 is 0 Å². The molecule has 0 aromatic rings. The fourth-order valence-electron chi connectivity index (χ4n) is 2.35. The second-order valence-corrected chi connectivity index (χ2v) is 19.8. The van der Waals surface area contributed by atoms with Crippen molar-refractivity contribution in [3.63, 3.8) is 0 Å². The Balaban J connectivity index is 6.17. The molecule has 0 spiro atoms. The van der Waals surface area contributed by atoms with Crippen molar-refractivity contribution >= 4 is 16.6 Å². The number of rotatable bonds is 9. The SMILES string of the molecule is C#C[C@@H](O[Si](C)(C)C(C)(C)C)C(CC=C)(CC=C)O[Si](C)(C)C(C)(C)C. The predicted octanol–water partition coefficient (Wildman–Crippen LogP) is 6.92. The minimum absolute atomic E-state index is 0.0766. The summed E-state index contributed by atoms with van der Waals surface area (Å²) in [4.78, 5) is 0. The van der Waals surface area contributed by atoms with Crippen LogP contribution in [-0.4, -0.2) is 28.3 Å². The molecule has 0 fully saturated rings. The molecule has 0 bridgehead atoms. The van der Waals surface area contributed by atoms with Gasteiger partial charge < -0.3 is 8.85 Å². The number of hydrogen-bond acceptors (Lipinski definition) is 2. The van der Waals surface area contributed by atoms with Crippen molar-refractivity contribution in [3.05, 3.63) is 25.3 Å². The van der Waals surface area contributed by atoms with E-state index in [2.05, 4.69) is 86.8 Å². The Kier molecular flexibility index (Phi) is 8.40. The van der Waals surface area contributed by atoms with E-state index in [4.69, 9.17) is 15.3 Å². The highest BCUT2D eigenvalue weighted by Crippen LogP contribution is 2.45. The highest BCUT2D eigenvalue weighted by atomic mass is 28.4. The van der Waals surface area contributed by atoms with Crippen molar-refractivity contribution in [1.82, 2.24) is 0 Å². The summed E-state index contributed by atoms with van der Waals surface area (Å²) in [6.07, 6.45) is 10.7. The summed E-state index contributed by atoms with van der Waals surface area (Å²) in [6.45, 7) is 30.3. The fraction of sp³-hybridized carbons (Fsp3) is 0.727. The molecule has 1 atom stereocenters. The van der Waals surface area contributed by atoms with E-state index in [1.165, 1.54) is 0 Å². The van der Waals surface area contributed by atoms with E-state index in [9.17, 15) is 0 Å². The molecular weight excluding hydrogens is 352 g/mol. The Morgan fingerprint density at radius 3 is 1.54 bits per heavy atom. The van der Waals surface area contributed by atoms with Crippen LogP contribution >= 0.6 is 0 Å². The van der Waals surface area contributed by atoms with Gasteiger partial charge in [0.25, 0.3) is 0 Å². The van der Waals surface area contributed by atoms with Crippen molar-refractivity contribution < 1.29 is 8.85 Å². The molecule has 0 aromatic heterocycles. The van der Waals surface area contributed by atoms with E-state index in [1.807, 2.05) is 12.2 Å². The summed E-state index contributed by atoms with van der Waals surface area (Å²) in [5.41, 5.74) is -0.614. The highest BCUT2D eigenvalue weighted by Gasteiger charge is 2.50. The minimum Gasteiger partial charge on any atom is -0.407 e. The molecule has 2 nitrogen and oxygen atoms in total. The molecule has 0 amide bonds.